The van der Waals surface area contributed by atoms with Gasteiger partial charge in [-0.3, -0.25) is 4.99 Å². The van der Waals surface area contributed by atoms with Gasteiger partial charge in [-0.2, -0.15) is 0 Å². The molecule has 0 aromatic carbocycles. The Morgan fingerprint density at radius 3 is 2.73 bits per heavy atom. The topological polar surface area (TPSA) is 108 Å². The largest absolute Gasteiger partial charge is 0.391 e. The highest BCUT2D eigenvalue weighted by atomic mass is 32.2. The van der Waals surface area contributed by atoms with Crippen LogP contribution in [0, 0.1) is 0 Å². The summed E-state index contributed by atoms with van der Waals surface area (Å²) in [6.45, 7) is 1.50. The van der Waals surface area contributed by atoms with Gasteiger partial charge in [0.1, 0.15) is 29.8 Å². The first-order chi connectivity index (χ1) is 7.00. The average molecular weight is 234 g/mol. The third-order valence-electron chi connectivity index (χ3n) is 2.60. The third kappa shape index (κ3) is 1.85. The van der Waals surface area contributed by atoms with Crippen LogP contribution in [-0.2, 0) is 4.74 Å². The Hall–Kier alpha value is -0.340. The lowest BCUT2D eigenvalue weighted by Gasteiger charge is -2.39. The minimum absolute atomic E-state index is 0.336. The van der Waals surface area contributed by atoms with Crippen LogP contribution in [0.5, 0.6) is 0 Å². The standard InChI is InChI=1S/C8H14N2O4S/c1-2(11)6-5(13)4(12)3-7(14-6)15-8(9)10-3/h2-7,11-13H,1H3,(H2,9,10)/t2-,3-,4-,5+,6-,7-/m1/s1. The summed E-state index contributed by atoms with van der Waals surface area (Å²) in [7, 11) is 0. The second kappa shape index (κ2) is 3.91. The zero-order chi connectivity index (χ0) is 11.2. The molecule has 15 heavy (non-hydrogen) atoms. The molecule has 1 saturated heterocycles. The highest BCUT2D eigenvalue weighted by molar-refractivity contribution is 8.14. The van der Waals surface area contributed by atoms with E-state index in [0.29, 0.717) is 5.17 Å². The van der Waals surface area contributed by atoms with E-state index in [2.05, 4.69) is 4.99 Å². The summed E-state index contributed by atoms with van der Waals surface area (Å²) in [5.41, 5.74) is 5.09. The number of ether oxygens (including phenoxy) is 1. The second-order valence-electron chi connectivity index (χ2n) is 3.77. The molecule has 6 atom stereocenters. The van der Waals surface area contributed by atoms with E-state index in [1.807, 2.05) is 0 Å². The molecule has 0 aliphatic carbocycles. The van der Waals surface area contributed by atoms with Crippen LogP contribution in [0.2, 0.25) is 0 Å². The van der Waals surface area contributed by atoms with E-state index in [0.717, 1.165) is 0 Å². The minimum atomic E-state index is -1.14. The first-order valence-electron chi connectivity index (χ1n) is 4.70. The molecule has 7 heteroatoms. The van der Waals surface area contributed by atoms with Crippen molar-refractivity contribution in [3.05, 3.63) is 0 Å². The van der Waals surface area contributed by atoms with Crippen molar-refractivity contribution in [2.24, 2.45) is 10.7 Å². The van der Waals surface area contributed by atoms with Crippen LogP contribution in [0.15, 0.2) is 4.99 Å². The van der Waals surface area contributed by atoms with E-state index < -0.39 is 35.9 Å². The molecular weight excluding hydrogens is 220 g/mol. The first kappa shape index (κ1) is 11.2. The number of aliphatic imine (C=N–C) groups is 1. The molecule has 0 saturated carbocycles. The predicted molar refractivity (Wildman–Crippen MR) is 55.4 cm³/mol. The molecule has 5 N–H and O–H groups in total. The smallest absolute Gasteiger partial charge is 0.157 e. The van der Waals surface area contributed by atoms with Crippen LogP contribution in [0.4, 0.5) is 0 Å². The summed E-state index contributed by atoms with van der Waals surface area (Å²) in [4.78, 5) is 3.98. The van der Waals surface area contributed by atoms with E-state index in [4.69, 9.17) is 10.5 Å². The lowest BCUT2D eigenvalue weighted by atomic mass is 9.95. The number of amidine groups is 1. The first-order valence-corrected chi connectivity index (χ1v) is 5.58. The van der Waals surface area contributed by atoms with Gasteiger partial charge in [0.2, 0.25) is 0 Å². The molecule has 2 aliphatic heterocycles. The molecule has 0 radical (unpaired) electrons. The fourth-order valence-corrected chi connectivity index (χ4v) is 2.77. The third-order valence-corrected chi connectivity index (χ3v) is 3.56. The van der Waals surface area contributed by atoms with Crippen molar-refractivity contribution >= 4 is 16.9 Å². The Balaban J connectivity index is 2.16. The summed E-state index contributed by atoms with van der Waals surface area (Å²) >= 11 is 1.20. The number of hydrogen-bond donors (Lipinski definition) is 4. The van der Waals surface area contributed by atoms with Gasteiger partial charge in [0.15, 0.2) is 5.17 Å². The summed E-state index contributed by atoms with van der Waals surface area (Å²) in [5, 5.41) is 29.2. The Kier molecular flexibility index (Phi) is 2.91. The molecule has 2 aliphatic rings. The fourth-order valence-electron chi connectivity index (χ4n) is 1.80. The Bertz CT molecular complexity index is 286. The van der Waals surface area contributed by atoms with Crippen LogP contribution >= 0.6 is 11.8 Å². The number of aliphatic hydroxyl groups excluding tert-OH is 3. The van der Waals surface area contributed by atoms with Crippen LogP contribution in [0.3, 0.4) is 0 Å². The summed E-state index contributed by atoms with van der Waals surface area (Å²) in [6, 6.07) is -0.542. The zero-order valence-corrected chi connectivity index (χ0v) is 8.96. The van der Waals surface area contributed by atoms with Crippen molar-refractivity contribution in [3.63, 3.8) is 0 Å². The van der Waals surface area contributed by atoms with Crippen molar-refractivity contribution in [1.29, 1.82) is 0 Å². The van der Waals surface area contributed by atoms with E-state index in [1.54, 1.807) is 0 Å². The average Bonchev–Trinajstić information content (AvgIpc) is 2.52. The normalized spacial score (nSPS) is 47.2. The van der Waals surface area contributed by atoms with Gasteiger partial charge in [0, 0.05) is 0 Å². The minimum Gasteiger partial charge on any atom is -0.391 e. The highest BCUT2D eigenvalue weighted by Gasteiger charge is 2.49. The van der Waals surface area contributed by atoms with E-state index >= 15 is 0 Å². The Morgan fingerprint density at radius 2 is 2.13 bits per heavy atom. The molecule has 0 spiro atoms. The van der Waals surface area contributed by atoms with Gasteiger partial charge in [0.05, 0.1) is 6.10 Å². The Labute approximate surface area is 91.1 Å². The van der Waals surface area contributed by atoms with Gasteiger partial charge in [-0.1, -0.05) is 11.8 Å². The molecule has 0 amide bonds. The van der Waals surface area contributed by atoms with Crippen molar-refractivity contribution in [2.75, 3.05) is 0 Å². The maximum absolute atomic E-state index is 9.77. The molecule has 0 aromatic heterocycles. The lowest BCUT2D eigenvalue weighted by molar-refractivity contribution is -0.181. The van der Waals surface area contributed by atoms with E-state index in [1.165, 1.54) is 18.7 Å². The van der Waals surface area contributed by atoms with Crippen molar-refractivity contribution in [3.8, 4) is 0 Å². The molecule has 6 nitrogen and oxygen atoms in total. The highest BCUT2D eigenvalue weighted by Crippen LogP contribution is 2.35. The maximum Gasteiger partial charge on any atom is 0.157 e. The zero-order valence-electron chi connectivity index (χ0n) is 8.15. The SMILES string of the molecule is C[C@@H](O)[C@H]1O[C@@H]2SC(N)=N[C@@H]2[C@@H](O)[C@@H]1O. The lowest BCUT2D eigenvalue weighted by Crippen LogP contribution is -2.57. The van der Waals surface area contributed by atoms with Gasteiger partial charge in [-0.15, -0.1) is 0 Å². The quantitative estimate of drug-likeness (QED) is 0.428. The fraction of sp³-hybridized carbons (Fsp3) is 0.875. The molecule has 0 bridgehead atoms. The molecule has 86 valence electrons. The van der Waals surface area contributed by atoms with Crippen molar-refractivity contribution < 1.29 is 20.1 Å². The van der Waals surface area contributed by atoms with Crippen molar-refractivity contribution in [2.45, 2.75) is 42.8 Å². The van der Waals surface area contributed by atoms with Crippen LogP contribution < -0.4 is 5.73 Å². The number of hydrogen-bond acceptors (Lipinski definition) is 7. The molecule has 1 fully saturated rings. The van der Waals surface area contributed by atoms with Gasteiger partial charge < -0.3 is 25.8 Å². The predicted octanol–water partition coefficient (Wildman–Crippen LogP) is -1.76. The van der Waals surface area contributed by atoms with Crippen LogP contribution in [0.25, 0.3) is 0 Å². The van der Waals surface area contributed by atoms with Gasteiger partial charge >= 0.3 is 0 Å². The van der Waals surface area contributed by atoms with Gasteiger partial charge in [-0.25, -0.2) is 0 Å². The molecular formula is C8H14N2O4S. The second-order valence-corrected chi connectivity index (χ2v) is 4.89. The molecule has 2 rings (SSSR count). The summed E-state index contributed by atoms with van der Waals surface area (Å²) < 4.78 is 5.43. The summed E-state index contributed by atoms with van der Waals surface area (Å²) in [6.07, 6.45) is -3.83. The number of nitrogens with zero attached hydrogens (tertiary/aromatic N) is 1. The number of rotatable bonds is 1. The van der Waals surface area contributed by atoms with E-state index in [9.17, 15) is 15.3 Å². The van der Waals surface area contributed by atoms with Gasteiger partial charge in [-0.05, 0) is 6.92 Å². The number of aliphatic hydroxyl groups is 3. The monoisotopic (exact) mass is 234 g/mol. The van der Waals surface area contributed by atoms with Crippen molar-refractivity contribution in [1.82, 2.24) is 0 Å². The number of fused-ring (bicyclic) bond motifs is 1. The summed E-state index contributed by atoms with van der Waals surface area (Å²) in [5.74, 6) is 0. The van der Waals surface area contributed by atoms with E-state index in [-0.39, 0.29) is 0 Å². The molecule has 0 unspecified atom stereocenters. The number of thioether (sulfide) groups is 1. The van der Waals surface area contributed by atoms with Crippen LogP contribution in [-0.4, -0.2) is 56.4 Å². The molecule has 2 heterocycles. The van der Waals surface area contributed by atoms with Crippen LogP contribution in [0.1, 0.15) is 6.92 Å². The number of nitrogens with two attached hydrogens (primary N) is 1. The Morgan fingerprint density at radius 1 is 1.47 bits per heavy atom. The molecule has 0 aromatic rings. The maximum atomic E-state index is 9.77. The van der Waals surface area contributed by atoms with Gasteiger partial charge in [0.25, 0.3) is 0 Å².